The van der Waals surface area contributed by atoms with E-state index in [-0.39, 0.29) is 19.3 Å². The summed E-state index contributed by atoms with van der Waals surface area (Å²) in [5.41, 5.74) is 1.53. The third kappa shape index (κ3) is 7.37. The standard InChI is InChI=1S/C23H33NO6/c1-16(2)24-19-9-11-20(12-10-19)30-21(26)23(4,14-25)15-29-22(27)28-13-18-7-5-17(3)6-8-18/h5-8,19-20,24-25H,1,9-15H2,2-4H3. The van der Waals surface area contributed by atoms with Crippen molar-refractivity contribution in [1.29, 1.82) is 0 Å². The van der Waals surface area contributed by atoms with Crippen LogP contribution >= 0.6 is 0 Å². The third-order valence-electron chi connectivity index (χ3n) is 5.23. The number of benzene rings is 1. The van der Waals surface area contributed by atoms with Crippen LogP contribution in [0.25, 0.3) is 0 Å². The van der Waals surface area contributed by atoms with E-state index in [0.29, 0.717) is 6.04 Å². The van der Waals surface area contributed by atoms with Gasteiger partial charge in [-0.2, -0.15) is 0 Å². The van der Waals surface area contributed by atoms with Crippen LogP contribution in [0.2, 0.25) is 0 Å². The fraction of sp³-hybridized carbons (Fsp3) is 0.565. The highest BCUT2D eigenvalue weighted by Gasteiger charge is 2.38. The Balaban J connectivity index is 1.77. The van der Waals surface area contributed by atoms with Crippen molar-refractivity contribution >= 4 is 12.1 Å². The first-order valence-electron chi connectivity index (χ1n) is 10.3. The van der Waals surface area contributed by atoms with Crippen LogP contribution in [-0.4, -0.2) is 42.6 Å². The van der Waals surface area contributed by atoms with Crippen molar-refractivity contribution in [3.63, 3.8) is 0 Å². The molecule has 1 aliphatic rings. The minimum Gasteiger partial charge on any atom is -0.462 e. The molecule has 0 heterocycles. The fourth-order valence-corrected chi connectivity index (χ4v) is 3.22. The van der Waals surface area contributed by atoms with Crippen LogP contribution in [0, 0.1) is 12.3 Å². The number of hydrogen-bond donors (Lipinski definition) is 2. The van der Waals surface area contributed by atoms with Crippen LogP contribution in [0.5, 0.6) is 0 Å². The van der Waals surface area contributed by atoms with Gasteiger partial charge < -0.3 is 24.6 Å². The Bertz CT molecular complexity index is 724. The first-order chi connectivity index (χ1) is 14.2. The zero-order valence-electron chi connectivity index (χ0n) is 18.1. The molecule has 1 fully saturated rings. The topological polar surface area (TPSA) is 94.1 Å². The fourth-order valence-electron chi connectivity index (χ4n) is 3.22. The molecule has 7 heteroatoms. The monoisotopic (exact) mass is 419 g/mol. The van der Waals surface area contributed by atoms with Crippen molar-refractivity contribution in [1.82, 2.24) is 5.32 Å². The maximum atomic E-state index is 12.6. The number of aliphatic hydroxyl groups excluding tert-OH is 1. The third-order valence-corrected chi connectivity index (χ3v) is 5.23. The predicted octanol–water partition coefficient (Wildman–Crippen LogP) is 3.62. The van der Waals surface area contributed by atoms with Gasteiger partial charge in [0.25, 0.3) is 0 Å². The first-order valence-corrected chi connectivity index (χ1v) is 10.3. The molecule has 2 rings (SSSR count). The summed E-state index contributed by atoms with van der Waals surface area (Å²) in [6, 6.07) is 7.90. The van der Waals surface area contributed by atoms with Gasteiger partial charge in [-0.1, -0.05) is 36.4 Å². The Hall–Kier alpha value is -2.54. The van der Waals surface area contributed by atoms with Crippen molar-refractivity contribution in [2.75, 3.05) is 13.2 Å². The van der Waals surface area contributed by atoms with Gasteiger partial charge in [0.2, 0.25) is 0 Å². The van der Waals surface area contributed by atoms with E-state index in [0.717, 1.165) is 42.5 Å². The van der Waals surface area contributed by atoms with Gasteiger partial charge in [0.05, 0.1) is 6.61 Å². The Morgan fingerprint density at radius 2 is 1.80 bits per heavy atom. The molecule has 0 spiro atoms. The van der Waals surface area contributed by atoms with Gasteiger partial charge in [-0.05, 0) is 52.0 Å². The lowest BCUT2D eigenvalue weighted by molar-refractivity contribution is -0.168. The van der Waals surface area contributed by atoms with Crippen LogP contribution in [-0.2, 0) is 25.6 Å². The van der Waals surface area contributed by atoms with E-state index in [4.69, 9.17) is 14.2 Å². The molecule has 1 atom stereocenters. The summed E-state index contributed by atoms with van der Waals surface area (Å²) in [5, 5.41) is 13.0. The zero-order valence-corrected chi connectivity index (χ0v) is 18.1. The summed E-state index contributed by atoms with van der Waals surface area (Å²) < 4.78 is 15.7. The van der Waals surface area contributed by atoms with E-state index in [9.17, 15) is 14.7 Å². The summed E-state index contributed by atoms with van der Waals surface area (Å²) in [5.74, 6) is -0.576. The minimum absolute atomic E-state index is 0.0703. The molecule has 1 aromatic rings. The molecule has 2 N–H and O–H groups in total. The van der Waals surface area contributed by atoms with E-state index in [1.165, 1.54) is 6.92 Å². The molecule has 0 bridgehead atoms. The zero-order chi connectivity index (χ0) is 22.1. The van der Waals surface area contributed by atoms with Crippen molar-refractivity contribution in [3.05, 3.63) is 47.7 Å². The van der Waals surface area contributed by atoms with E-state index in [1.807, 2.05) is 38.1 Å². The minimum atomic E-state index is -1.34. The maximum absolute atomic E-state index is 12.6. The van der Waals surface area contributed by atoms with E-state index in [1.54, 1.807) is 0 Å². The molecular formula is C23H33NO6. The van der Waals surface area contributed by atoms with Crippen LogP contribution in [0.1, 0.15) is 50.7 Å². The smallest absolute Gasteiger partial charge is 0.462 e. The normalized spacial score (nSPS) is 20.5. The van der Waals surface area contributed by atoms with Crippen LogP contribution in [0.3, 0.4) is 0 Å². The van der Waals surface area contributed by atoms with Crippen molar-refractivity contribution in [2.24, 2.45) is 5.41 Å². The predicted molar refractivity (Wildman–Crippen MR) is 113 cm³/mol. The van der Waals surface area contributed by atoms with Crippen molar-refractivity contribution < 1.29 is 28.9 Å². The highest BCUT2D eigenvalue weighted by Crippen LogP contribution is 2.26. The van der Waals surface area contributed by atoms with Crippen LogP contribution in [0.4, 0.5) is 4.79 Å². The maximum Gasteiger partial charge on any atom is 0.508 e. The summed E-state index contributed by atoms with van der Waals surface area (Å²) in [7, 11) is 0. The lowest BCUT2D eigenvalue weighted by Crippen LogP contribution is -2.42. The average molecular weight is 420 g/mol. The van der Waals surface area contributed by atoms with Gasteiger partial charge in [0.15, 0.2) is 0 Å². The van der Waals surface area contributed by atoms with Gasteiger partial charge in [-0.3, -0.25) is 4.79 Å². The molecule has 166 valence electrons. The molecule has 0 saturated heterocycles. The lowest BCUT2D eigenvalue weighted by Gasteiger charge is -2.32. The highest BCUT2D eigenvalue weighted by molar-refractivity contribution is 5.77. The summed E-state index contributed by atoms with van der Waals surface area (Å²) >= 11 is 0. The summed E-state index contributed by atoms with van der Waals surface area (Å²) in [4.78, 5) is 24.5. The molecular weight excluding hydrogens is 386 g/mol. The van der Waals surface area contributed by atoms with Crippen LogP contribution < -0.4 is 5.32 Å². The molecule has 1 unspecified atom stereocenters. The number of aryl methyl sites for hydroxylation is 1. The van der Waals surface area contributed by atoms with E-state index in [2.05, 4.69) is 11.9 Å². The number of aliphatic hydroxyl groups is 1. The number of carbonyl (C=O) groups excluding carboxylic acids is 2. The van der Waals surface area contributed by atoms with Gasteiger partial charge >= 0.3 is 12.1 Å². The second-order valence-corrected chi connectivity index (χ2v) is 8.34. The average Bonchev–Trinajstić information content (AvgIpc) is 2.72. The number of nitrogens with one attached hydrogen (secondary N) is 1. The van der Waals surface area contributed by atoms with E-state index < -0.39 is 24.1 Å². The molecule has 30 heavy (non-hydrogen) atoms. The molecule has 1 aliphatic carbocycles. The number of allylic oxidation sites excluding steroid dienone is 1. The summed E-state index contributed by atoms with van der Waals surface area (Å²) in [6.07, 6.45) is 2.12. The second kappa shape index (κ2) is 11.0. The van der Waals surface area contributed by atoms with E-state index >= 15 is 0 Å². The Morgan fingerprint density at radius 1 is 1.17 bits per heavy atom. The molecule has 0 aliphatic heterocycles. The first kappa shape index (κ1) is 23.7. The largest absolute Gasteiger partial charge is 0.508 e. The molecule has 0 radical (unpaired) electrons. The van der Waals surface area contributed by atoms with Crippen LogP contribution in [0.15, 0.2) is 36.5 Å². The molecule has 7 nitrogen and oxygen atoms in total. The summed E-state index contributed by atoms with van der Waals surface area (Å²) in [6.45, 7) is 8.51. The number of ether oxygens (including phenoxy) is 3. The molecule has 0 amide bonds. The van der Waals surface area contributed by atoms with Gasteiger partial charge in [-0.15, -0.1) is 0 Å². The SMILES string of the molecule is C=C(C)NC1CCC(OC(=O)C(C)(CO)COC(=O)OCc2ccc(C)cc2)CC1. The Kier molecular flexibility index (Phi) is 8.72. The number of carbonyl (C=O) groups is 2. The van der Waals surface area contributed by atoms with Gasteiger partial charge in [0.1, 0.15) is 24.7 Å². The second-order valence-electron chi connectivity index (χ2n) is 8.34. The number of hydrogen-bond acceptors (Lipinski definition) is 7. The van der Waals surface area contributed by atoms with Crippen molar-refractivity contribution in [2.45, 2.75) is 65.2 Å². The van der Waals surface area contributed by atoms with Gasteiger partial charge in [0, 0.05) is 11.7 Å². The number of rotatable bonds is 9. The Morgan fingerprint density at radius 3 is 2.37 bits per heavy atom. The molecule has 0 aromatic heterocycles. The number of esters is 1. The quantitative estimate of drug-likeness (QED) is 0.590. The molecule has 1 saturated carbocycles. The van der Waals surface area contributed by atoms with Gasteiger partial charge in [-0.25, -0.2) is 4.79 Å². The Labute approximate surface area is 178 Å². The van der Waals surface area contributed by atoms with Crippen molar-refractivity contribution in [3.8, 4) is 0 Å². The highest BCUT2D eigenvalue weighted by atomic mass is 16.7. The molecule has 1 aromatic carbocycles. The lowest BCUT2D eigenvalue weighted by atomic mass is 9.91.